The highest BCUT2D eigenvalue weighted by atomic mass is 19.1. The van der Waals surface area contributed by atoms with Crippen molar-refractivity contribution < 1.29 is 43.5 Å². The van der Waals surface area contributed by atoms with E-state index in [1.165, 1.54) is 31.3 Å². The van der Waals surface area contributed by atoms with Crippen LogP contribution in [0.5, 0.6) is 11.5 Å². The number of ether oxygens (including phenoxy) is 3. The molecule has 2 aromatic carbocycles. The molecule has 1 aliphatic carbocycles. The number of hydrogen-bond donors (Lipinski definition) is 4. The fourth-order valence-electron chi connectivity index (χ4n) is 5.10. The van der Waals surface area contributed by atoms with Crippen LogP contribution in [0.15, 0.2) is 48.0 Å². The molecule has 210 valence electrons. The third kappa shape index (κ3) is 5.91. The average Bonchev–Trinajstić information content (AvgIpc) is 3.34. The minimum absolute atomic E-state index is 0.000554. The minimum Gasteiger partial charge on any atom is -0.493 e. The maximum absolute atomic E-state index is 13.5. The van der Waals surface area contributed by atoms with E-state index in [0.29, 0.717) is 28.2 Å². The number of carbonyl (C=O) groups is 2. The molecule has 4 N–H and O–H groups in total. The summed E-state index contributed by atoms with van der Waals surface area (Å²) >= 11 is 0. The maximum atomic E-state index is 13.5. The van der Waals surface area contributed by atoms with Gasteiger partial charge in [0.15, 0.2) is 11.5 Å². The molecule has 0 bridgehead atoms. The Hall–Kier alpha value is -3.51. The molecule has 0 saturated heterocycles. The van der Waals surface area contributed by atoms with Crippen molar-refractivity contribution in [3.8, 4) is 11.5 Å². The van der Waals surface area contributed by atoms with E-state index < -0.39 is 35.9 Å². The second-order valence-corrected chi connectivity index (χ2v) is 9.41. The number of aliphatic hydroxyl groups excluding tert-OH is 3. The second kappa shape index (κ2) is 12.6. The summed E-state index contributed by atoms with van der Waals surface area (Å²) in [5, 5.41) is 33.4. The zero-order valence-corrected chi connectivity index (χ0v) is 21.8. The van der Waals surface area contributed by atoms with Crippen LogP contribution in [0.1, 0.15) is 29.0 Å². The lowest BCUT2D eigenvalue weighted by molar-refractivity contribution is -0.139. The van der Waals surface area contributed by atoms with Gasteiger partial charge in [-0.15, -0.1) is 0 Å². The number of aliphatic hydroxyl groups is 3. The number of nitrogens with zero attached hydrogens (tertiary/aromatic N) is 1. The van der Waals surface area contributed by atoms with Crippen LogP contribution in [0.25, 0.3) is 0 Å². The minimum atomic E-state index is -1.26. The highest BCUT2D eigenvalue weighted by Gasteiger charge is 2.51. The van der Waals surface area contributed by atoms with Crippen LogP contribution in [-0.2, 0) is 27.5 Å². The number of carbonyl (C=O) groups excluding carboxylic acids is 2. The molecule has 0 radical (unpaired) electrons. The molecule has 2 aromatic rings. The molecule has 11 heteroatoms. The summed E-state index contributed by atoms with van der Waals surface area (Å²) in [5.74, 6) is -1.32. The van der Waals surface area contributed by atoms with Crippen LogP contribution < -0.4 is 14.8 Å². The van der Waals surface area contributed by atoms with E-state index in [1.807, 2.05) is 0 Å². The first-order valence-electron chi connectivity index (χ1n) is 12.6. The summed E-state index contributed by atoms with van der Waals surface area (Å²) in [6, 6.07) is 8.00. The highest BCUT2D eigenvalue weighted by molar-refractivity contribution is 5.96. The first kappa shape index (κ1) is 28.5. The predicted octanol–water partition coefficient (Wildman–Crippen LogP) is 1.01. The highest BCUT2D eigenvalue weighted by Crippen LogP contribution is 2.51. The van der Waals surface area contributed by atoms with E-state index >= 15 is 0 Å². The van der Waals surface area contributed by atoms with Gasteiger partial charge in [0.05, 0.1) is 45.3 Å². The number of benzene rings is 2. The van der Waals surface area contributed by atoms with E-state index in [0.717, 1.165) is 0 Å². The lowest BCUT2D eigenvalue weighted by Crippen LogP contribution is -2.55. The van der Waals surface area contributed by atoms with Gasteiger partial charge in [-0.1, -0.05) is 12.1 Å². The second-order valence-electron chi connectivity index (χ2n) is 9.41. The van der Waals surface area contributed by atoms with E-state index in [2.05, 4.69) is 5.32 Å². The van der Waals surface area contributed by atoms with Gasteiger partial charge >= 0.3 is 0 Å². The van der Waals surface area contributed by atoms with E-state index in [4.69, 9.17) is 14.2 Å². The molecule has 10 nitrogen and oxygen atoms in total. The van der Waals surface area contributed by atoms with Crippen LogP contribution in [0.3, 0.4) is 0 Å². The zero-order chi connectivity index (χ0) is 28.1. The lowest BCUT2D eigenvalue weighted by Gasteiger charge is -2.40. The molecule has 0 aromatic heterocycles. The van der Waals surface area contributed by atoms with Crippen LogP contribution in [0.4, 0.5) is 4.39 Å². The number of amides is 2. The first-order valence-corrected chi connectivity index (χ1v) is 12.6. The Balaban J connectivity index is 1.80. The smallest absolute Gasteiger partial charge is 0.247 e. The Morgan fingerprint density at radius 3 is 2.51 bits per heavy atom. The van der Waals surface area contributed by atoms with Crippen molar-refractivity contribution in [1.82, 2.24) is 10.2 Å². The SMILES string of the molecule is COCCC(=O)N(Cc1ccc(F)cc1)[C@@H]1C=C(C(=O)NCCO)[C@@H]2c3cc(CO)cc(OC)c3O[C@@H]2[C@H]1O. The van der Waals surface area contributed by atoms with Gasteiger partial charge in [-0.2, -0.15) is 0 Å². The first-order chi connectivity index (χ1) is 18.8. The van der Waals surface area contributed by atoms with E-state index in [1.54, 1.807) is 30.3 Å². The molecule has 0 saturated carbocycles. The van der Waals surface area contributed by atoms with Gasteiger partial charge in [0.1, 0.15) is 18.0 Å². The van der Waals surface area contributed by atoms with Crippen molar-refractivity contribution >= 4 is 11.8 Å². The van der Waals surface area contributed by atoms with Crippen LogP contribution in [0.2, 0.25) is 0 Å². The number of hydrogen-bond acceptors (Lipinski definition) is 8. The van der Waals surface area contributed by atoms with Crippen LogP contribution >= 0.6 is 0 Å². The van der Waals surface area contributed by atoms with Crippen LogP contribution in [0, 0.1) is 5.82 Å². The number of fused-ring (bicyclic) bond motifs is 3. The summed E-state index contributed by atoms with van der Waals surface area (Å²) in [4.78, 5) is 28.2. The van der Waals surface area contributed by atoms with Gasteiger partial charge in [0.25, 0.3) is 0 Å². The molecule has 1 heterocycles. The average molecular weight is 545 g/mol. The van der Waals surface area contributed by atoms with Gasteiger partial charge in [-0.05, 0) is 41.5 Å². The van der Waals surface area contributed by atoms with E-state index in [9.17, 15) is 29.3 Å². The Labute approximate surface area is 225 Å². The van der Waals surface area contributed by atoms with Crippen molar-refractivity contribution in [2.45, 2.75) is 43.7 Å². The van der Waals surface area contributed by atoms with Crippen molar-refractivity contribution in [2.24, 2.45) is 0 Å². The van der Waals surface area contributed by atoms with Gasteiger partial charge in [-0.25, -0.2) is 4.39 Å². The van der Waals surface area contributed by atoms with Crippen molar-refractivity contribution in [2.75, 3.05) is 34.0 Å². The predicted molar refractivity (Wildman–Crippen MR) is 137 cm³/mol. The van der Waals surface area contributed by atoms with Gasteiger partial charge < -0.3 is 39.7 Å². The molecular formula is C28H33FN2O8. The fraction of sp³-hybridized carbons (Fsp3) is 0.429. The molecule has 1 aliphatic heterocycles. The quantitative estimate of drug-likeness (QED) is 0.329. The molecule has 39 heavy (non-hydrogen) atoms. The van der Waals surface area contributed by atoms with Crippen molar-refractivity contribution in [1.29, 1.82) is 0 Å². The van der Waals surface area contributed by atoms with Crippen molar-refractivity contribution in [3.63, 3.8) is 0 Å². The standard InChI is InChI=1S/C28H33FN2O8/c1-37-10-7-23(34)31(14-16-3-5-18(29)6-4-16)21-13-20(28(36)30-8-9-32)24-19-11-17(15-33)12-22(38-2)26(19)39-27(24)25(21)35/h3-6,11-13,21,24-25,27,32-33,35H,7-10,14-15H2,1-2H3,(H,30,36)/t21-,24+,25+,27+/m1/s1. The summed E-state index contributed by atoms with van der Waals surface area (Å²) in [5.41, 5.74) is 1.96. The fourth-order valence-corrected chi connectivity index (χ4v) is 5.10. The Kier molecular flexibility index (Phi) is 9.18. The Morgan fingerprint density at radius 2 is 1.87 bits per heavy atom. The van der Waals surface area contributed by atoms with Crippen molar-refractivity contribution in [3.05, 3.63) is 70.6 Å². The molecule has 0 fully saturated rings. The monoisotopic (exact) mass is 544 g/mol. The zero-order valence-electron chi connectivity index (χ0n) is 21.8. The Bertz CT molecular complexity index is 1220. The van der Waals surface area contributed by atoms with E-state index in [-0.39, 0.29) is 50.8 Å². The summed E-state index contributed by atoms with van der Waals surface area (Å²) < 4.78 is 30.3. The normalized spacial score (nSPS) is 21.3. The summed E-state index contributed by atoms with van der Waals surface area (Å²) in [7, 11) is 2.92. The molecule has 0 spiro atoms. The molecule has 4 rings (SSSR count). The summed E-state index contributed by atoms with van der Waals surface area (Å²) in [6.45, 7) is -0.373. The van der Waals surface area contributed by atoms with Gasteiger partial charge in [0.2, 0.25) is 11.8 Å². The molecular weight excluding hydrogens is 511 g/mol. The lowest BCUT2D eigenvalue weighted by atomic mass is 9.77. The molecule has 4 atom stereocenters. The topological polar surface area (TPSA) is 138 Å². The molecule has 0 unspecified atom stereocenters. The number of methoxy groups -OCH3 is 2. The van der Waals surface area contributed by atoms with Gasteiger partial charge in [0, 0.05) is 31.3 Å². The number of rotatable bonds is 11. The van der Waals surface area contributed by atoms with Gasteiger partial charge in [-0.3, -0.25) is 9.59 Å². The number of halogens is 1. The number of nitrogens with one attached hydrogen (secondary N) is 1. The largest absolute Gasteiger partial charge is 0.493 e. The third-order valence-electron chi connectivity index (χ3n) is 6.96. The van der Waals surface area contributed by atoms with Crippen LogP contribution in [-0.4, -0.2) is 84.3 Å². The molecule has 2 amide bonds. The Morgan fingerprint density at radius 1 is 1.13 bits per heavy atom. The third-order valence-corrected chi connectivity index (χ3v) is 6.96. The maximum Gasteiger partial charge on any atom is 0.247 e. The summed E-state index contributed by atoms with van der Waals surface area (Å²) in [6.07, 6.45) is -0.655. The molecule has 2 aliphatic rings.